The molecule has 0 saturated heterocycles. The highest BCUT2D eigenvalue weighted by molar-refractivity contribution is 5.78. The fourth-order valence-electron chi connectivity index (χ4n) is 2.02. The normalized spacial score (nSPS) is 10.8. The van der Waals surface area contributed by atoms with Crippen molar-refractivity contribution in [3.05, 3.63) is 48.0 Å². The van der Waals surface area contributed by atoms with E-state index < -0.39 is 0 Å². The van der Waals surface area contributed by atoms with Crippen LogP contribution in [0.5, 0.6) is 11.5 Å². The van der Waals surface area contributed by atoms with Crippen LogP contribution in [-0.2, 0) is 0 Å². The molecule has 0 saturated carbocycles. The molecule has 0 fully saturated rings. The summed E-state index contributed by atoms with van der Waals surface area (Å²) in [5.41, 5.74) is 2.43. The Kier molecular flexibility index (Phi) is 3.05. The van der Waals surface area contributed by atoms with Gasteiger partial charge < -0.3 is 10.2 Å². The van der Waals surface area contributed by atoms with Gasteiger partial charge in [-0.15, -0.1) is 0 Å². The summed E-state index contributed by atoms with van der Waals surface area (Å²) >= 11 is 0. The summed E-state index contributed by atoms with van der Waals surface area (Å²) in [6.07, 6.45) is 0. The van der Waals surface area contributed by atoms with Gasteiger partial charge in [0.1, 0.15) is 11.5 Å². The van der Waals surface area contributed by atoms with Crippen molar-refractivity contribution in [2.45, 2.75) is 19.8 Å². The highest BCUT2D eigenvalue weighted by Gasteiger charge is 2.15. The molecule has 2 heteroatoms. The Morgan fingerprint density at radius 3 is 2.12 bits per heavy atom. The smallest absolute Gasteiger partial charge is 0.123 e. The maximum absolute atomic E-state index is 10.0. The molecule has 0 bridgehead atoms. The molecule has 0 aliphatic heterocycles. The lowest BCUT2D eigenvalue weighted by Crippen LogP contribution is -1.93. The highest BCUT2D eigenvalue weighted by Crippen LogP contribution is 2.40. The van der Waals surface area contributed by atoms with Crippen LogP contribution < -0.4 is 0 Å². The summed E-state index contributed by atoms with van der Waals surface area (Å²) in [7, 11) is 0. The topological polar surface area (TPSA) is 40.5 Å². The molecule has 0 unspecified atom stereocenters. The molecule has 0 spiro atoms. The Bertz CT molecular complexity index is 530. The van der Waals surface area contributed by atoms with Crippen LogP contribution in [0.15, 0.2) is 42.5 Å². The molecule has 0 heterocycles. The van der Waals surface area contributed by atoms with E-state index in [9.17, 15) is 10.2 Å². The number of phenols is 2. The molecular formula is C15H16O2. The average Bonchev–Trinajstić information content (AvgIpc) is 2.30. The van der Waals surface area contributed by atoms with E-state index in [4.69, 9.17) is 0 Å². The molecule has 2 aromatic rings. The standard InChI is InChI=1S/C15H16O2/c1-10(2)11-7-5-9-14(17)15(11)12-6-3-4-8-13(12)16/h3-10,16-17H,1-2H3. The first-order valence-corrected chi connectivity index (χ1v) is 5.71. The molecule has 88 valence electrons. The van der Waals surface area contributed by atoms with Gasteiger partial charge in [-0.1, -0.05) is 44.2 Å². The van der Waals surface area contributed by atoms with Crippen LogP contribution >= 0.6 is 0 Å². The zero-order valence-electron chi connectivity index (χ0n) is 10.0. The van der Waals surface area contributed by atoms with E-state index in [-0.39, 0.29) is 17.4 Å². The van der Waals surface area contributed by atoms with Crippen molar-refractivity contribution in [3.8, 4) is 22.6 Å². The third-order valence-electron chi connectivity index (χ3n) is 2.87. The van der Waals surface area contributed by atoms with Crippen molar-refractivity contribution < 1.29 is 10.2 Å². The molecule has 0 aliphatic carbocycles. The minimum atomic E-state index is 0.191. The second-order valence-electron chi connectivity index (χ2n) is 4.41. The van der Waals surface area contributed by atoms with Crippen molar-refractivity contribution >= 4 is 0 Å². The average molecular weight is 228 g/mol. The molecule has 0 aliphatic rings. The third kappa shape index (κ3) is 2.11. The monoisotopic (exact) mass is 228 g/mol. The van der Waals surface area contributed by atoms with E-state index in [2.05, 4.69) is 13.8 Å². The van der Waals surface area contributed by atoms with Gasteiger partial charge in [-0.25, -0.2) is 0 Å². The van der Waals surface area contributed by atoms with Crippen molar-refractivity contribution in [2.75, 3.05) is 0 Å². The van der Waals surface area contributed by atoms with Crippen LogP contribution in [0.3, 0.4) is 0 Å². The molecule has 0 amide bonds. The van der Waals surface area contributed by atoms with E-state index in [0.717, 1.165) is 11.1 Å². The van der Waals surface area contributed by atoms with Gasteiger partial charge in [0.2, 0.25) is 0 Å². The van der Waals surface area contributed by atoms with E-state index >= 15 is 0 Å². The number of benzene rings is 2. The molecular weight excluding hydrogens is 212 g/mol. The second-order valence-corrected chi connectivity index (χ2v) is 4.41. The lowest BCUT2D eigenvalue weighted by atomic mass is 9.91. The Balaban J connectivity index is 2.70. The summed E-state index contributed by atoms with van der Waals surface area (Å²) in [6, 6.07) is 12.5. The van der Waals surface area contributed by atoms with E-state index in [1.165, 1.54) is 0 Å². The summed E-state index contributed by atoms with van der Waals surface area (Å²) in [6.45, 7) is 4.14. The van der Waals surface area contributed by atoms with Crippen molar-refractivity contribution in [1.29, 1.82) is 0 Å². The summed E-state index contributed by atoms with van der Waals surface area (Å²) < 4.78 is 0. The van der Waals surface area contributed by atoms with Gasteiger partial charge in [-0.05, 0) is 23.6 Å². The quantitative estimate of drug-likeness (QED) is 0.818. The minimum absolute atomic E-state index is 0.191. The zero-order valence-corrected chi connectivity index (χ0v) is 10.0. The number of hydrogen-bond acceptors (Lipinski definition) is 2. The van der Waals surface area contributed by atoms with Crippen molar-refractivity contribution in [1.82, 2.24) is 0 Å². The highest BCUT2D eigenvalue weighted by atomic mass is 16.3. The maximum Gasteiger partial charge on any atom is 0.123 e. The summed E-state index contributed by atoms with van der Waals surface area (Å²) in [5, 5.41) is 19.9. The van der Waals surface area contributed by atoms with Crippen molar-refractivity contribution in [3.63, 3.8) is 0 Å². The largest absolute Gasteiger partial charge is 0.507 e. The molecule has 2 N–H and O–H groups in total. The number of phenolic OH excluding ortho intramolecular Hbond substituents is 2. The van der Waals surface area contributed by atoms with Gasteiger partial charge in [0.15, 0.2) is 0 Å². The summed E-state index contributed by atoms with van der Waals surface area (Å²) in [4.78, 5) is 0. The second kappa shape index (κ2) is 4.50. The number of para-hydroxylation sites is 1. The molecule has 2 rings (SSSR count). The Morgan fingerprint density at radius 2 is 1.47 bits per heavy atom. The molecule has 2 aromatic carbocycles. The number of aromatic hydroxyl groups is 2. The van der Waals surface area contributed by atoms with E-state index in [0.29, 0.717) is 5.56 Å². The third-order valence-corrected chi connectivity index (χ3v) is 2.87. The maximum atomic E-state index is 10.0. The Morgan fingerprint density at radius 1 is 0.824 bits per heavy atom. The van der Waals surface area contributed by atoms with Crippen LogP contribution in [0.2, 0.25) is 0 Å². The van der Waals surface area contributed by atoms with Crippen LogP contribution in [0, 0.1) is 0 Å². The van der Waals surface area contributed by atoms with E-state index in [1.807, 2.05) is 24.3 Å². The molecule has 2 nitrogen and oxygen atoms in total. The first kappa shape index (κ1) is 11.5. The fourth-order valence-corrected chi connectivity index (χ4v) is 2.02. The predicted octanol–water partition coefficient (Wildman–Crippen LogP) is 3.89. The molecule has 17 heavy (non-hydrogen) atoms. The minimum Gasteiger partial charge on any atom is -0.507 e. The lowest BCUT2D eigenvalue weighted by Gasteiger charge is -2.15. The van der Waals surface area contributed by atoms with Gasteiger partial charge in [-0.3, -0.25) is 0 Å². The molecule has 0 aromatic heterocycles. The Labute approximate surface area is 101 Å². The van der Waals surface area contributed by atoms with Crippen molar-refractivity contribution in [2.24, 2.45) is 0 Å². The van der Waals surface area contributed by atoms with Gasteiger partial charge in [0, 0.05) is 11.1 Å². The number of hydrogen-bond donors (Lipinski definition) is 2. The Hall–Kier alpha value is -1.96. The van der Waals surface area contributed by atoms with Gasteiger partial charge in [0.25, 0.3) is 0 Å². The SMILES string of the molecule is CC(C)c1cccc(O)c1-c1ccccc1O. The molecule has 0 atom stereocenters. The van der Waals surface area contributed by atoms with Gasteiger partial charge in [0.05, 0.1) is 0 Å². The lowest BCUT2D eigenvalue weighted by molar-refractivity contribution is 0.468. The first-order chi connectivity index (χ1) is 8.11. The van der Waals surface area contributed by atoms with E-state index in [1.54, 1.807) is 18.2 Å². The molecule has 0 radical (unpaired) electrons. The first-order valence-electron chi connectivity index (χ1n) is 5.71. The predicted molar refractivity (Wildman–Crippen MR) is 69.3 cm³/mol. The van der Waals surface area contributed by atoms with Gasteiger partial charge in [-0.2, -0.15) is 0 Å². The fraction of sp³-hybridized carbons (Fsp3) is 0.200. The van der Waals surface area contributed by atoms with Crippen LogP contribution in [0.1, 0.15) is 25.3 Å². The number of rotatable bonds is 2. The van der Waals surface area contributed by atoms with Crippen LogP contribution in [0.4, 0.5) is 0 Å². The van der Waals surface area contributed by atoms with Gasteiger partial charge >= 0.3 is 0 Å². The zero-order chi connectivity index (χ0) is 12.4. The van der Waals surface area contributed by atoms with Crippen LogP contribution in [-0.4, -0.2) is 10.2 Å². The van der Waals surface area contributed by atoms with Crippen LogP contribution in [0.25, 0.3) is 11.1 Å². The summed E-state index contributed by atoms with van der Waals surface area (Å²) in [5.74, 6) is 0.685.